The van der Waals surface area contributed by atoms with Gasteiger partial charge < -0.3 is 19.3 Å². The van der Waals surface area contributed by atoms with Gasteiger partial charge in [-0.15, -0.1) is 22.7 Å². The van der Waals surface area contributed by atoms with Gasteiger partial charge in [-0.3, -0.25) is 9.59 Å². The maximum atomic E-state index is 15.7. The van der Waals surface area contributed by atoms with Crippen molar-refractivity contribution >= 4 is 100 Å². The van der Waals surface area contributed by atoms with E-state index in [1.54, 1.807) is 11.3 Å². The van der Waals surface area contributed by atoms with Crippen LogP contribution in [0.15, 0.2) is 72.8 Å². The second-order valence-electron chi connectivity index (χ2n) is 40.5. The van der Waals surface area contributed by atoms with Crippen molar-refractivity contribution in [2.24, 2.45) is 11.8 Å². The molecular formula is C118H180N2O6S2. The number of aryl methyl sites for hydroxylation is 2. The standard InChI is InChI=1S/C118H180N2O6S2/c1-7-11-15-19-23-27-31-35-39-43-47-51-55-59-63-67-73-95(74-68-64-60-56-52-48-44-40-36-32-28-24-20-16-12-8-2)77-71-87-119-104-89-93(5)79-81-100(104)109(115(119)121)111-102-85-83-99-98(113(102)125-117(111)123)84-86-103-112(118(124)126-114(99)103)110-101-82-80-97(106-92-108-107(128-106)90-94(6)127-108)91-105(101)120(116(110)122)88-72-78-96(75-69-65-61-57-53-49-45-41-37-33-29-25-21-17-13-9-3)76-70-66-62-58-54-50-46-42-38-34-30-26-22-18-14-10-4/h79-86,89-92,95-96H,7-78,87-88H2,1-6H3/b111-109+,112-110+. The number of amides is 2. The number of carbonyl (C=O) groups is 4. The van der Waals surface area contributed by atoms with Crippen molar-refractivity contribution in [3.63, 3.8) is 0 Å². The highest BCUT2D eigenvalue weighted by Gasteiger charge is 2.44. The summed E-state index contributed by atoms with van der Waals surface area (Å²) < 4.78 is 15.3. The minimum atomic E-state index is -0.560. The van der Waals surface area contributed by atoms with E-state index in [1.807, 2.05) is 57.5 Å². The molecule has 8 nitrogen and oxygen atoms in total. The number of anilines is 2. The van der Waals surface area contributed by atoms with Crippen LogP contribution in [0.1, 0.15) is 523 Å². The molecule has 0 radical (unpaired) electrons. The first kappa shape index (κ1) is 104. The van der Waals surface area contributed by atoms with Gasteiger partial charge in [-0.05, 0) is 111 Å². The highest BCUT2D eigenvalue weighted by Crippen LogP contribution is 2.54. The van der Waals surface area contributed by atoms with Gasteiger partial charge in [-0.25, -0.2) is 9.59 Å². The third-order valence-electron chi connectivity index (χ3n) is 29.6. The molecule has 0 N–H and O–H groups in total. The Kier molecular flexibility index (Phi) is 50.4. The Morgan fingerprint density at radius 3 is 0.836 bits per heavy atom. The Morgan fingerprint density at radius 1 is 0.266 bits per heavy atom. The molecule has 0 spiro atoms. The van der Waals surface area contributed by atoms with E-state index in [1.165, 1.54) is 456 Å². The molecule has 10 heteroatoms. The molecule has 2 aromatic heterocycles. The quantitative estimate of drug-likeness (QED) is 0.0163. The fraction of sp³-hybridized carbons (Fsp3) is 0.695. The van der Waals surface area contributed by atoms with Gasteiger partial charge in [0.15, 0.2) is 0 Å². The second kappa shape index (κ2) is 61.9. The number of ether oxygens (including phenoxy) is 2. The average Bonchev–Trinajstić information content (AvgIpc) is 1.56. The molecule has 0 bridgehead atoms. The van der Waals surface area contributed by atoms with E-state index in [4.69, 9.17) is 9.47 Å². The molecule has 0 atom stereocenters. The van der Waals surface area contributed by atoms with Crippen LogP contribution in [-0.4, -0.2) is 36.8 Å². The van der Waals surface area contributed by atoms with Gasteiger partial charge in [0.1, 0.15) is 11.5 Å². The van der Waals surface area contributed by atoms with Crippen LogP contribution in [0.4, 0.5) is 11.4 Å². The molecule has 6 aromatic rings. The summed E-state index contributed by atoms with van der Waals surface area (Å²) >= 11 is 3.62. The van der Waals surface area contributed by atoms with Crippen molar-refractivity contribution in [2.75, 3.05) is 22.9 Å². The summed E-state index contributed by atoms with van der Waals surface area (Å²) in [5, 5.41) is 1.22. The van der Waals surface area contributed by atoms with E-state index in [0.717, 1.165) is 59.3 Å². The number of carbonyl (C=O) groups excluding carboxylic acids is 4. The van der Waals surface area contributed by atoms with Crippen molar-refractivity contribution in [2.45, 2.75) is 504 Å². The molecule has 0 fully saturated rings. The summed E-state index contributed by atoms with van der Waals surface area (Å²) in [5.74, 6) is 0.528. The van der Waals surface area contributed by atoms with Gasteiger partial charge in [0, 0.05) is 65.3 Å². The van der Waals surface area contributed by atoms with Crippen LogP contribution in [0.5, 0.6) is 11.5 Å². The van der Waals surface area contributed by atoms with Crippen LogP contribution in [-0.2, 0) is 19.2 Å². The number of unbranched alkanes of at least 4 members (excludes halogenated alkanes) is 60. The molecule has 4 aliphatic heterocycles. The molecule has 4 aliphatic rings. The number of benzene rings is 4. The number of esters is 2. The summed E-state index contributed by atoms with van der Waals surface area (Å²) in [6.07, 6.45) is 97.2. The maximum Gasteiger partial charge on any atom is 0.345 e. The molecule has 6 heterocycles. The Hall–Kier alpha value is -5.84. The first-order valence-electron chi connectivity index (χ1n) is 55.0. The van der Waals surface area contributed by atoms with Gasteiger partial charge >= 0.3 is 11.9 Å². The zero-order valence-electron chi connectivity index (χ0n) is 82.6. The fourth-order valence-corrected chi connectivity index (χ4v) is 24.1. The predicted octanol–water partition coefficient (Wildman–Crippen LogP) is 38.2. The lowest BCUT2D eigenvalue weighted by Gasteiger charge is -2.21. The lowest BCUT2D eigenvalue weighted by Crippen LogP contribution is -2.28. The van der Waals surface area contributed by atoms with Gasteiger partial charge in [0.05, 0.1) is 33.7 Å². The van der Waals surface area contributed by atoms with E-state index in [2.05, 4.69) is 77.9 Å². The largest absolute Gasteiger partial charge is 0.422 e. The predicted molar refractivity (Wildman–Crippen MR) is 557 cm³/mol. The van der Waals surface area contributed by atoms with Crippen LogP contribution >= 0.6 is 22.7 Å². The molecule has 0 aliphatic carbocycles. The van der Waals surface area contributed by atoms with Crippen molar-refractivity contribution in [1.82, 2.24) is 0 Å². The normalized spacial score (nSPS) is 14.9. The van der Waals surface area contributed by atoms with Crippen molar-refractivity contribution < 1.29 is 28.7 Å². The van der Waals surface area contributed by atoms with Crippen LogP contribution in [0.2, 0.25) is 0 Å². The highest BCUT2D eigenvalue weighted by atomic mass is 32.1. The molecule has 10 rings (SSSR count). The van der Waals surface area contributed by atoms with E-state index in [0.29, 0.717) is 69.5 Å². The first-order valence-corrected chi connectivity index (χ1v) is 56.6. The molecule has 0 saturated heterocycles. The van der Waals surface area contributed by atoms with Gasteiger partial charge in [0.2, 0.25) is 0 Å². The number of hydrogen-bond donors (Lipinski definition) is 0. The Morgan fingerprint density at radius 2 is 0.531 bits per heavy atom. The number of thiophene rings is 2. The molecular weight excluding hydrogens is 1610 g/mol. The zero-order chi connectivity index (χ0) is 89.8. The Labute approximate surface area is 789 Å². The maximum absolute atomic E-state index is 15.7. The molecule has 0 unspecified atom stereocenters. The second-order valence-corrected chi connectivity index (χ2v) is 42.9. The summed E-state index contributed by atoms with van der Waals surface area (Å²) in [4.78, 5) is 67.2. The molecule has 2 amide bonds. The van der Waals surface area contributed by atoms with E-state index >= 15 is 9.59 Å². The summed E-state index contributed by atoms with van der Waals surface area (Å²) in [7, 11) is 0. The van der Waals surface area contributed by atoms with E-state index in [-0.39, 0.29) is 23.0 Å². The fourth-order valence-electron chi connectivity index (χ4n) is 21.8. The summed E-state index contributed by atoms with van der Waals surface area (Å²) in [6.45, 7) is 14.6. The average molecular weight is 1790 g/mol. The van der Waals surface area contributed by atoms with Crippen molar-refractivity contribution in [3.05, 3.63) is 105 Å². The minimum Gasteiger partial charge on any atom is -0.422 e. The SMILES string of the molecule is CCCCCCCCCCCCCCCCCCC(CCCCCCCCCCCCCCCCCC)CCCN1C(=O)/C(=C2/C(=O)Oc3c2ccc2c4c(ccc32)/C(=C2\C(=O)N(CCCC(CCCCCCCCCCCCCCCCCC)CCCCCCCCCCCCCCCCCC)c3cc(-c5cc6sc(C)cc6s5)ccc32)C(=O)O4)c2ccc(C)cc21. The lowest BCUT2D eigenvalue weighted by molar-refractivity contribution is -0.127. The van der Waals surface area contributed by atoms with Crippen LogP contribution in [0.25, 0.3) is 52.9 Å². The topological polar surface area (TPSA) is 93.2 Å². The summed E-state index contributed by atoms with van der Waals surface area (Å²) in [5.41, 5.74) is 7.82. The van der Waals surface area contributed by atoms with Crippen molar-refractivity contribution in [3.8, 4) is 21.9 Å². The number of hydrogen-bond acceptors (Lipinski definition) is 8. The highest BCUT2D eigenvalue weighted by molar-refractivity contribution is 7.29. The number of rotatable bonds is 77. The lowest BCUT2D eigenvalue weighted by atomic mass is 9.90. The number of fused-ring (bicyclic) bond motifs is 8. The van der Waals surface area contributed by atoms with E-state index in [9.17, 15) is 9.59 Å². The number of nitrogens with zero attached hydrogens (tertiary/aromatic N) is 2. The van der Waals surface area contributed by atoms with Crippen molar-refractivity contribution in [1.29, 1.82) is 0 Å². The molecule has 710 valence electrons. The van der Waals surface area contributed by atoms with Gasteiger partial charge in [0.25, 0.3) is 11.8 Å². The Bertz CT molecular complexity index is 4140. The smallest absolute Gasteiger partial charge is 0.345 e. The third-order valence-corrected chi connectivity index (χ3v) is 31.9. The van der Waals surface area contributed by atoms with Crippen LogP contribution in [0.3, 0.4) is 0 Å². The first-order chi connectivity index (χ1) is 63.0. The molecule has 0 saturated carbocycles. The van der Waals surface area contributed by atoms with Crippen LogP contribution < -0.4 is 19.3 Å². The third kappa shape index (κ3) is 34.6. The monoisotopic (exact) mass is 1790 g/mol. The molecule has 4 aromatic carbocycles. The minimum absolute atomic E-state index is 0.152. The Balaban J connectivity index is 0.786. The zero-order valence-corrected chi connectivity index (χ0v) is 84.2. The van der Waals surface area contributed by atoms with E-state index < -0.39 is 11.9 Å². The van der Waals surface area contributed by atoms with Gasteiger partial charge in [-0.2, -0.15) is 0 Å². The summed E-state index contributed by atoms with van der Waals surface area (Å²) in [6, 6.07) is 24.8. The van der Waals surface area contributed by atoms with Gasteiger partial charge in [-0.1, -0.05) is 489 Å². The van der Waals surface area contributed by atoms with Crippen LogP contribution in [0, 0.1) is 25.7 Å². The molecule has 128 heavy (non-hydrogen) atoms.